The fourth-order valence-corrected chi connectivity index (χ4v) is 4.94. The summed E-state index contributed by atoms with van der Waals surface area (Å²) in [6, 6.07) is -0.892. The molecule has 0 aromatic carbocycles. The Bertz CT molecular complexity index is 951. The first-order valence-electron chi connectivity index (χ1n) is 10.7. The van der Waals surface area contributed by atoms with Gasteiger partial charge < -0.3 is 40.0 Å². The number of amides is 1. The highest BCUT2D eigenvalue weighted by Crippen LogP contribution is 2.42. The number of aliphatic carboxylic acids is 1. The van der Waals surface area contributed by atoms with Crippen LogP contribution in [0.5, 0.6) is 0 Å². The third-order valence-corrected chi connectivity index (χ3v) is 6.71. The molecule has 1 amide bonds. The lowest BCUT2D eigenvalue weighted by molar-refractivity contribution is -0.257. The molecule has 7 atom stereocenters. The molecular formula is C20H33NO13S. The summed E-state index contributed by atoms with van der Waals surface area (Å²) in [5.41, 5.74) is -4.30. The molecule has 3 unspecified atom stereocenters. The van der Waals surface area contributed by atoms with Crippen LogP contribution in [0.3, 0.4) is 0 Å². The highest BCUT2D eigenvalue weighted by Gasteiger charge is 2.57. The molecule has 0 bridgehead atoms. The van der Waals surface area contributed by atoms with Gasteiger partial charge in [-0.1, -0.05) is 6.92 Å². The lowest BCUT2D eigenvalue weighted by atomic mass is 9.70. The van der Waals surface area contributed by atoms with Gasteiger partial charge in [0, 0.05) is 12.3 Å². The van der Waals surface area contributed by atoms with Crippen LogP contribution in [-0.2, 0) is 38.4 Å². The number of ether oxygens (including phenoxy) is 3. The zero-order valence-electron chi connectivity index (χ0n) is 20.0. The molecule has 0 aliphatic carbocycles. The molecule has 2 rings (SSSR count). The van der Waals surface area contributed by atoms with Crippen molar-refractivity contribution in [2.75, 3.05) is 19.8 Å². The maximum atomic E-state index is 11.7. The first-order valence-corrected chi connectivity index (χ1v) is 12.0. The summed E-state index contributed by atoms with van der Waals surface area (Å²) in [6.45, 7) is 5.84. The maximum absolute atomic E-state index is 11.7. The average Bonchev–Trinajstić information content (AvgIpc) is 2.70. The Morgan fingerprint density at radius 1 is 1.17 bits per heavy atom. The second-order valence-corrected chi connectivity index (χ2v) is 10.7. The number of carbonyl (C=O) groups excluding carboxylic acids is 1. The zero-order chi connectivity index (χ0) is 27.0. The molecule has 14 nitrogen and oxygen atoms in total. The van der Waals surface area contributed by atoms with Crippen LogP contribution in [0.2, 0.25) is 0 Å². The van der Waals surface area contributed by atoms with E-state index in [1.165, 1.54) is 20.8 Å². The van der Waals surface area contributed by atoms with Crippen molar-refractivity contribution in [3.8, 4) is 0 Å². The van der Waals surface area contributed by atoms with Crippen molar-refractivity contribution in [3.63, 3.8) is 0 Å². The van der Waals surface area contributed by atoms with Crippen LogP contribution in [0.4, 0.5) is 0 Å². The second kappa shape index (κ2) is 10.3. The quantitative estimate of drug-likeness (QED) is 0.185. The first-order chi connectivity index (χ1) is 15.9. The molecule has 35 heavy (non-hydrogen) atoms. The number of hydrogen-bond donors (Lipinski definition) is 6. The van der Waals surface area contributed by atoms with Crippen LogP contribution in [0.15, 0.2) is 11.8 Å². The fraction of sp³-hybridized carbons (Fsp3) is 0.800. The van der Waals surface area contributed by atoms with Crippen molar-refractivity contribution < 1.29 is 61.4 Å². The van der Waals surface area contributed by atoms with Crippen molar-refractivity contribution in [2.24, 2.45) is 5.41 Å². The van der Waals surface area contributed by atoms with E-state index in [0.29, 0.717) is 6.08 Å². The van der Waals surface area contributed by atoms with Gasteiger partial charge in [0.2, 0.25) is 11.7 Å². The van der Waals surface area contributed by atoms with E-state index in [4.69, 9.17) is 18.8 Å². The number of aliphatic hydroxyl groups is 3. The van der Waals surface area contributed by atoms with Gasteiger partial charge in [0.25, 0.3) is 0 Å². The minimum atomic E-state index is -5.08. The third kappa shape index (κ3) is 6.48. The predicted molar refractivity (Wildman–Crippen MR) is 116 cm³/mol. The normalized spacial score (nSPS) is 37.2. The monoisotopic (exact) mass is 527 g/mol. The molecule has 202 valence electrons. The SMILES string of the molecule is CC(=O)NC1[C@@H](O)[C@](C)(COC[C@@]2(C)OC(C(=O)O)=C[C@H](O)C2OS(=O)(=O)O)C(CO)OC1(C)C. The van der Waals surface area contributed by atoms with E-state index in [9.17, 15) is 38.4 Å². The number of carboxylic acid groups (broad SMARTS) is 1. The van der Waals surface area contributed by atoms with E-state index in [1.807, 2.05) is 0 Å². The summed E-state index contributed by atoms with van der Waals surface area (Å²) in [4.78, 5) is 23.1. The van der Waals surface area contributed by atoms with Crippen molar-refractivity contribution in [3.05, 3.63) is 11.8 Å². The first kappa shape index (κ1) is 29.4. The topological polar surface area (TPSA) is 218 Å². The van der Waals surface area contributed by atoms with E-state index in [-0.39, 0.29) is 6.61 Å². The van der Waals surface area contributed by atoms with Gasteiger partial charge in [-0.05, 0) is 26.8 Å². The summed E-state index contributed by atoms with van der Waals surface area (Å²) in [6.07, 6.45) is -5.12. The second-order valence-electron chi connectivity index (χ2n) is 9.70. The number of carbonyl (C=O) groups is 2. The smallest absolute Gasteiger partial charge is 0.397 e. The summed E-state index contributed by atoms with van der Waals surface area (Å²) in [5.74, 6) is -2.68. The van der Waals surface area contributed by atoms with Crippen LogP contribution < -0.4 is 5.32 Å². The molecule has 15 heteroatoms. The van der Waals surface area contributed by atoms with E-state index < -0.39 is 88.3 Å². The van der Waals surface area contributed by atoms with Crippen molar-refractivity contribution >= 4 is 22.3 Å². The molecule has 0 saturated carbocycles. The lowest BCUT2D eigenvalue weighted by Crippen LogP contribution is -2.70. The molecule has 0 aromatic heterocycles. The van der Waals surface area contributed by atoms with E-state index >= 15 is 0 Å². The van der Waals surface area contributed by atoms with Gasteiger partial charge in [0.15, 0.2) is 11.7 Å². The van der Waals surface area contributed by atoms with Gasteiger partial charge >= 0.3 is 16.4 Å². The number of hydrogen-bond acceptors (Lipinski definition) is 11. The number of rotatable bonds is 9. The Kier molecular flexibility index (Phi) is 8.61. The molecule has 1 fully saturated rings. The van der Waals surface area contributed by atoms with E-state index in [2.05, 4.69) is 9.50 Å². The Morgan fingerprint density at radius 2 is 1.77 bits per heavy atom. The molecule has 0 spiro atoms. The Hall–Kier alpha value is -1.85. The molecule has 0 aromatic rings. The summed E-state index contributed by atoms with van der Waals surface area (Å²) < 4.78 is 53.2. The molecule has 6 N–H and O–H groups in total. The van der Waals surface area contributed by atoms with E-state index in [1.54, 1.807) is 13.8 Å². The van der Waals surface area contributed by atoms with Gasteiger partial charge in [-0.25, -0.2) is 8.98 Å². The maximum Gasteiger partial charge on any atom is 0.397 e. The highest BCUT2D eigenvalue weighted by atomic mass is 32.3. The number of aliphatic hydroxyl groups excluding tert-OH is 3. The van der Waals surface area contributed by atoms with E-state index in [0.717, 1.165) is 0 Å². The fourth-order valence-electron chi connectivity index (χ4n) is 4.36. The van der Waals surface area contributed by atoms with Crippen LogP contribution >= 0.6 is 0 Å². The summed E-state index contributed by atoms with van der Waals surface area (Å²) >= 11 is 0. The van der Waals surface area contributed by atoms with Crippen molar-refractivity contribution in [1.82, 2.24) is 5.32 Å². The van der Waals surface area contributed by atoms with Crippen LogP contribution in [0, 0.1) is 5.41 Å². The summed E-state index contributed by atoms with van der Waals surface area (Å²) in [7, 11) is -5.08. The molecule has 0 radical (unpaired) electrons. The van der Waals surface area contributed by atoms with Crippen LogP contribution in [0.1, 0.15) is 34.6 Å². The average molecular weight is 528 g/mol. The molecule has 2 aliphatic rings. The standard InChI is InChI=1S/C20H33NO13S/c1-10(23)21-14-15(25)19(4,13(7-22)33-18(14,2)3)8-31-9-20(5)16(34-35(28,29)30)11(24)6-12(32-20)17(26)27/h6,11,13-16,22,24-25H,7-9H2,1-5H3,(H,21,23)(H,26,27)(H,28,29,30)/t11-,13?,14?,15+,16?,19+,20+/m0/s1. The largest absolute Gasteiger partial charge is 0.475 e. The zero-order valence-corrected chi connectivity index (χ0v) is 20.8. The minimum Gasteiger partial charge on any atom is -0.475 e. The Balaban J connectivity index is 2.30. The van der Waals surface area contributed by atoms with Gasteiger partial charge in [-0.3, -0.25) is 9.35 Å². The highest BCUT2D eigenvalue weighted by molar-refractivity contribution is 7.80. The van der Waals surface area contributed by atoms with Gasteiger partial charge in [0.1, 0.15) is 6.10 Å². The van der Waals surface area contributed by atoms with Crippen LogP contribution in [-0.4, -0.2) is 107 Å². The van der Waals surface area contributed by atoms with Crippen molar-refractivity contribution in [1.29, 1.82) is 0 Å². The van der Waals surface area contributed by atoms with Crippen molar-refractivity contribution in [2.45, 2.75) is 76.3 Å². The number of nitrogens with one attached hydrogen (secondary N) is 1. The molecule has 1 saturated heterocycles. The Labute approximate surface area is 202 Å². The predicted octanol–water partition coefficient (Wildman–Crippen LogP) is -1.65. The number of carboxylic acids is 1. The van der Waals surface area contributed by atoms with Gasteiger partial charge in [-0.15, -0.1) is 0 Å². The van der Waals surface area contributed by atoms with Gasteiger partial charge in [-0.2, -0.15) is 8.42 Å². The summed E-state index contributed by atoms with van der Waals surface area (Å²) in [5, 5.41) is 43.2. The van der Waals surface area contributed by atoms with Gasteiger partial charge in [0.05, 0.1) is 43.7 Å². The molecular weight excluding hydrogens is 494 g/mol. The Morgan fingerprint density at radius 3 is 2.26 bits per heavy atom. The molecule has 2 aliphatic heterocycles. The lowest BCUT2D eigenvalue weighted by Gasteiger charge is -2.54. The third-order valence-electron chi connectivity index (χ3n) is 6.26. The van der Waals surface area contributed by atoms with Crippen LogP contribution in [0.25, 0.3) is 0 Å². The minimum absolute atomic E-state index is 0.342. The molecule has 2 heterocycles.